The van der Waals surface area contributed by atoms with E-state index in [2.05, 4.69) is 33.6 Å². The number of thiophene rings is 1. The Morgan fingerprint density at radius 2 is 2.15 bits per heavy atom. The van der Waals surface area contributed by atoms with Crippen LogP contribution in [0.2, 0.25) is 0 Å². The van der Waals surface area contributed by atoms with Crippen molar-refractivity contribution in [2.75, 3.05) is 25.5 Å². The lowest BCUT2D eigenvalue weighted by Crippen LogP contribution is -2.33. The molecule has 3 rings (SSSR count). The van der Waals surface area contributed by atoms with Gasteiger partial charge in [0.15, 0.2) is 0 Å². The Balaban J connectivity index is 1.74. The first-order valence-electron chi connectivity index (χ1n) is 7.44. The SMILES string of the molecule is CCC1CCN(Cc2nc(NC)c3ccsc3n2)CC1. The maximum absolute atomic E-state index is 4.70. The van der Waals surface area contributed by atoms with Crippen LogP contribution in [0.15, 0.2) is 11.4 Å². The number of hydrogen-bond donors (Lipinski definition) is 1. The number of hydrogen-bond acceptors (Lipinski definition) is 5. The molecule has 108 valence electrons. The molecule has 0 atom stereocenters. The Hall–Kier alpha value is -1.20. The fourth-order valence-corrected chi connectivity index (χ4v) is 3.70. The van der Waals surface area contributed by atoms with Crippen molar-refractivity contribution < 1.29 is 0 Å². The van der Waals surface area contributed by atoms with Gasteiger partial charge in [0.2, 0.25) is 0 Å². The Bertz CT molecular complexity index is 572. The molecule has 1 aliphatic rings. The number of likely N-dealkylation sites (tertiary alicyclic amines) is 1. The standard InChI is InChI=1S/C15H22N4S/c1-3-11-4-7-19(8-5-11)10-13-17-14(16-2)12-6-9-20-15(12)18-13/h6,9,11H,3-5,7-8,10H2,1-2H3,(H,16,17,18). The molecule has 1 saturated heterocycles. The summed E-state index contributed by atoms with van der Waals surface area (Å²) in [6.45, 7) is 5.53. The van der Waals surface area contributed by atoms with Crippen molar-refractivity contribution in [2.24, 2.45) is 5.92 Å². The van der Waals surface area contributed by atoms with Crippen LogP contribution >= 0.6 is 11.3 Å². The molecule has 1 fully saturated rings. The zero-order valence-corrected chi connectivity index (χ0v) is 13.0. The van der Waals surface area contributed by atoms with Crippen molar-refractivity contribution in [3.8, 4) is 0 Å². The summed E-state index contributed by atoms with van der Waals surface area (Å²) in [6, 6.07) is 2.09. The van der Waals surface area contributed by atoms with E-state index in [0.717, 1.165) is 34.3 Å². The summed E-state index contributed by atoms with van der Waals surface area (Å²) in [4.78, 5) is 12.9. The van der Waals surface area contributed by atoms with Crippen molar-refractivity contribution in [3.05, 3.63) is 17.3 Å². The second-order valence-corrected chi connectivity index (χ2v) is 6.40. The molecule has 1 N–H and O–H groups in total. The lowest BCUT2D eigenvalue weighted by Gasteiger charge is -2.30. The summed E-state index contributed by atoms with van der Waals surface area (Å²) >= 11 is 1.69. The molecule has 3 heterocycles. The summed E-state index contributed by atoms with van der Waals surface area (Å²) in [5, 5.41) is 6.40. The third kappa shape index (κ3) is 2.79. The maximum atomic E-state index is 4.70. The van der Waals surface area contributed by atoms with Crippen molar-refractivity contribution in [2.45, 2.75) is 32.7 Å². The number of nitrogens with zero attached hydrogens (tertiary/aromatic N) is 3. The second-order valence-electron chi connectivity index (χ2n) is 5.51. The van der Waals surface area contributed by atoms with Gasteiger partial charge in [0, 0.05) is 7.05 Å². The van der Waals surface area contributed by atoms with Crippen LogP contribution in [-0.2, 0) is 6.54 Å². The third-order valence-electron chi connectivity index (χ3n) is 4.26. The van der Waals surface area contributed by atoms with Gasteiger partial charge >= 0.3 is 0 Å². The molecular weight excluding hydrogens is 268 g/mol. The molecule has 5 heteroatoms. The topological polar surface area (TPSA) is 41.1 Å². The van der Waals surface area contributed by atoms with Crippen LogP contribution in [0.5, 0.6) is 0 Å². The van der Waals surface area contributed by atoms with Crippen LogP contribution in [-0.4, -0.2) is 35.0 Å². The molecule has 2 aromatic heterocycles. The van der Waals surface area contributed by atoms with E-state index in [0.29, 0.717) is 0 Å². The fourth-order valence-electron chi connectivity index (χ4n) is 2.91. The zero-order valence-electron chi connectivity index (χ0n) is 12.2. The van der Waals surface area contributed by atoms with E-state index < -0.39 is 0 Å². The smallest absolute Gasteiger partial charge is 0.146 e. The molecule has 0 saturated carbocycles. The Kier molecular flexibility index (Phi) is 4.17. The van der Waals surface area contributed by atoms with Gasteiger partial charge in [-0.2, -0.15) is 0 Å². The van der Waals surface area contributed by atoms with Crippen LogP contribution in [0.25, 0.3) is 10.2 Å². The minimum absolute atomic E-state index is 0.874. The molecule has 0 amide bonds. The van der Waals surface area contributed by atoms with E-state index in [4.69, 9.17) is 4.98 Å². The van der Waals surface area contributed by atoms with E-state index in [1.807, 2.05) is 7.05 Å². The van der Waals surface area contributed by atoms with Gasteiger partial charge in [-0.25, -0.2) is 9.97 Å². The molecular formula is C15H22N4S. The first-order chi connectivity index (χ1) is 9.80. The Morgan fingerprint density at radius 1 is 1.35 bits per heavy atom. The first kappa shape index (κ1) is 13.8. The molecule has 4 nitrogen and oxygen atoms in total. The second kappa shape index (κ2) is 6.06. The van der Waals surface area contributed by atoms with Crippen molar-refractivity contribution in [1.82, 2.24) is 14.9 Å². The van der Waals surface area contributed by atoms with Gasteiger partial charge in [0.05, 0.1) is 11.9 Å². The van der Waals surface area contributed by atoms with E-state index >= 15 is 0 Å². The minimum Gasteiger partial charge on any atom is -0.372 e. The van der Waals surface area contributed by atoms with Crippen LogP contribution < -0.4 is 5.32 Å². The average molecular weight is 290 g/mol. The highest BCUT2D eigenvalue weighted by Gasteiger charge is 2.19. The van der Waals surface area contributed by atoms with Gasteiger partial charge in [-0.15, -0.1) is 11.3 Å². The highest BCUT2D eigenvalue weighted by Crippen LogP contribution is 2.26. The van der Waals surface area contributed by atoms with E-state index in [9.17, 15) is 0 Å². The molecule has 0 bridgehead atoms. The Labute approximate surface area is 124 Å². The van der Waals surface area contributed by atoms with Crippen LogP contribution in [0, 0.1) is 5.92 Å². The number of aromatic nitrogens is 2. The molecule has 0 aliphatic carbocycles. The fraction of sp³-hybridized carbons (Fsp3) is 0.600. The van der Waals surface area contributed by atoms with E-state index in [-0.39, 0.29) is 0 Å². The van der Waals surface area contributed by atoms with Crippen molar-refractivity contribution in [3.63, 3.8) is 0 Å². The van der Waals surface area contributed by atoms with Gasteiger partial charge in [-0.3, -0.25) is 4.90 Å². The summed E-state index contributed by atoms with van der Waals surface area (Å²) in [7, 11) is 1.93. The summed E-state index contributed by atoms with van der Waals surface area (Å²) < 4.78 is 0. The molecule has 20 heavy (non-hydrogen) atoms. The van der Waals surface area contributed by atoms with Gasteiger partial charge in [-0.1, -0.05) is 13.3 Å². The predicted molar refractivity (Wildman–Crippen MR) is 85.3 cm³/mol. The quantitative estimate of drug-likeness (QED) is 0.937. The molecule has 2 aromatic rings. The van der Waals surface area contributed by atoms with Crippen LogP contribution in [0.4, 0.5) is 5.82 Å². The van der Waals surface area contributed by atoms with Crippen LogP contribution in [0.3, 0.4) is 0 Å². The third-order valence-corrected chi connectivity index (χ3v) is 5.06. The van der Waals surface area contributed by atoms with Crippen molar-refractivity contribution in [1.29, 1.82) is 0 Å². The van der Waals surface area contributed by atoms with Crippen molar-refractivity contribution >= 4 is 27.4 Å². The summed E-state index contributed by atoms with van der Waals surface area (Å²) in [6.07, 6.45) is 3.95. The minimum atomic E-state index is 0.874. The van der Waals surface area contributed by atoms with Crippen LogP contribution in [0.1, 0.15) is 32.0 Å². The summed E-state index contributed by atoms with van der Waals surface area (Å²) in [5.74, 6) is 2.81. The summed E-state index contributed by atoms with van der Waals surface area (Å²) in [5.41, 5.74) is 0. The molecule has 0 spiro atoms. The molecule has 1 aliphatic heterocycles. The monoisotopic (exact) mass is 290 g/mol. The number of piperidine rings is 1. The average Bonchev–Trinajstić information content (AvgIpc) is 2.95. The van der Waals surface area contributed by atoms with Gasteiger partial charge < -0.3 is 5.32 Å². The van der Waals surface area contributed by atoms with E-state index in [1.54, 1.807) is 11.3 Å². The van der Waals surface area contributed by atoms with Gasteiger partial charge in [0.25, 0.3) is 0 Å². The lowest BCUT2D eigenvalue weighted by molar-refractivity contribution is 0.171. The van der Waals surface area contributed by atoms with Gasteiger partial charge in [0.1, 0.15) is 16.5 Å². The largest absolute Gasteiger partial charge is 0.372 e. The number of rotatable bonds is 4. The maximum Gasteiger partial charge on any atom is 0.146 e. The number of anilines is 1. The van der Waals surface area contributed by atoms with Gasteiger partial charge in [-0.05, 0) is 43.3 Å². The molecule has 0 unspecified atom stereocenters. The number of fused-ring (bicyclic) bond motifs is 1. The highest BCUT2D eigenvalue weighted by molar-refractivity contribution is 7.16. The highest BCUT2D eigenvalue weighted by atomic mass is 32.1. The predicted octanol–water partition coefficient (Wildman–Crippen LogP) is 3.36. The lowest BCUT2D eigenvalue weighted by atomic mass is 9.94. The first-order valence-corrected chi connectivity index (χ1v) is 8.32. The zero-order chi connectivity index (χ0) is 13.9. The number of nitrogens with one attached hydrogen (secondary N) is 1. The molecule has 0 aromatic carbocycles. The molecule has 0 radical (unpaired) electrons. The Morgan fingerprint density at radius 3 is 2.85 bits per heavy atom. The van der Waals surface area contributed by atoms with E-state index in [1.165, 1.54) is 32.4 Å². The normalized spacial score (nSPS) is 17.7.